The minimum Gasteiger partial charge on any atom is -0.507 e. The van der Waals surface area contributed by atoms with Crippen molar-refractivity contribution in [3.05, 3.63) is 78.0 Å². The van der Waals surface area contributed by atoms with Crippen molar-refractivity contribution in [2.24, 2.45) is 0 Å². The van der Waals surface area contributed by atoms with Crippen molar-refractivity contribution in [2.45, 2.75) is 78.6 Å². The molecule has 2 aromatic heterocycles. The number of carbonyl (C=O) groups excluding carboxylic acids is 1. The highest BCUT2D eigenvalue weighted by Gasteiger charge is 2.38. The molecule has 46 heavy (non-hydrogen) atoms. The Morgan fingerprint density at radius 1 is 1.11 bits per heavy atom. The van der Waals surface area contributed by atoms with Gasteiger partial charge in [0.15, 0.2) is 11.8 Å². The van der Waals surface area contributed by atoms with Gasteiger partial charge in [0.2, 0.25) is 0 Å². The molecule has 3 heterocycles. The maximum absolute atomic E-state index is 13.5. The van der Waals surface area contributed by atoms with Crippen LogP contribution < -0.4 is 4.90 Å². The van der Waals surface area contributed by atoms with E-state index in [0.29, 0.717) is 36.6 Å². The minimum absolute atomic E-state index is 0.231. The second-order valence-corrected chi connectivity index (χ2v) is 13.2. The van der Waals surface area contributed by atoms with Gasteiger partial charge in [0.05, 0.1) is 35.7 Å². The number of benzene rings is 2. The summed E-state index contributed by atoms with van der Waals surface area (Å²) in [5, 5.41) is 15.8. The lowest BCUT2D eigenvalue weighted by Crippen LogP contribution is -2.45. The van der Waals surface area contributed by atoms with E-state index in [1.807, 2.05) is 81.6 Å². The molecule has 0 saturated carbocycles. The molecule has 1 aliphatic heterocycles. The molecule has 244 valence electrons. The van der Waals surface area contributed by atoms with Crippen LogP contribution in [0, 0.1) is 13.8 Å². The van der Waals surface area contributed by atoms with E-state index in [1.165, 1.54) is 0 Å². The van der Waals surface area contributed by atoms with Gasteiger partial charge in [-0.15, -0.1) is 6.58 Å². The van der Waals surface area contributed by atoms with Crippen LogP contribution in [0.15, 0.2) is 61.2 Å². The summed E-state index contributed by atoms with van der Waals surface area (Å²) in [7, 11) is 0. The standard InChI is InChI=1S/C37H46N4O5/c1-9-20-45-37(8)16-18-40(19-17-37)34-32(33(35(43)44-10-2)46-36(5,6)7)25(4)38-31-23-29(39-41(31)34)27-13-11-12-26(22-27)28-15-14-24(3)21-30(28)42/h9,11-15,21-23,33,42H,1,10,16-20H2,2-8H3. The number of fused-ring (bicyclic) bond motifs is 1. The van der Waals surface area contributed by atoms with Crippen molar-refractivity contribution < 1.29 is 24.1 Å². The van der Waals surface area contributed by atoms with E-state index in [0.717, 1.165) is 46.6 Å². The quantitative estimate of drug-likeness (QED) is 0.144. The monoisotopic (exact) mass is 626 g/mol. The van der Waals surface area contributed by atoms with Crippen LogP contribution in [0.4, 0.5) is 5.82 Å². The molecule has 1 N–H and O–H groups in total. The average Bonchev–Trinajstić information content (AvgIpc) is 3.42. The molecule has 9 heteroatoms. The lowest BCUT2D eigenvalue weighted by molar-refractivity contribution is -0.166. The molecule has 1 fully saturated rings. The summed E-state index contributed by atoms with van der Waals surface area (Å²) in [6.45, 7) is 19.5. The first kappa shape index (κ1) is 33.2. The Morgan fingerprint density at radius 2 is 1.83 bits per heavy atom. The molecule has 1 atom stereocenters. The Bertz CT molecular complexity index is 1730. The predicted molar refractivity (Wildman–Crippen MR) is 181 cm³/mol. The van der Waals surface area contributed by atoms with Gasteiger partial charge < -0.3 is 24.2 Å². The number of hydrogen-bond donors (Lipinski definition) is 1. The van der Waals surface area contributed by atoms with Crippen LogP contribution in [0.1, 0.15) is 70.4 Å². The normalized spacial score (nSPS) is 15.6. The number of aryl methyl sites for hydroxylation is 2. The predicted octanol–water partition coefficient (Wildman–Crippen LogP) is 7.37. The van der Waals surface area contributed by atoms with Gasteiger partial charge in [0, 0.05) is 36.0 Å². The third-order valence-electron chi connectivity index (χ3n) is 8.33. The summed E-state index contributed by atoms with van der Waals surface area (Å²) >= 11 is 0. The molecule has 4 aromatic rings. The smallest absolute Gasteiger partial charge is 0.340 e. The van der Waals surface area contributed by atoms with E-state index in [-0.39, 0.29) is 18.0 Å². The van der Waals surface area contributed by atoms with E-state index in [1.54, 1.807) is 19.1 Å². The van der Waals surface area contributed by atoms with Crippen LogP contribution in [0.2, 0.25) is 0 Å². The Morgan fingerprint density at radius 3 is 2.48 bits per heavy atom. The Balaban J connectivity index is 1.66. The van der Waals surface area contributed by atoms with Gasteiger partial charge >= 0.3 is 5.97 Å². The number of hydrogen-bond acceptors (Lipinski definition) is 8. The van der Waals surface area contributed by atoms with Gasteiger partial charge in [0.25, 0.3) is 0 Å². The maximum Gasteiger partial charge on any atom is 0.340 e. The number of aromatic nitrogens is 3. The zero-order valence-corrected chi connectivity index (χ0v) is 28.1. The number of esters is 1. The molecule has 1 aliphatic rings. The van der Waals surface area contributed by atoms with Crippen molar-refractivity contribution in [1.29, 1.82) is 0 Å². The average molecular weight is 627 g/mol. The number of phenols is 1. The summed E-state index contributed by atoms with van der Waals surface area (Å²) in [5.74, 6) is 0.528. The summed E-state index contributed by atoms with van der Waals surface area (Å²) in [6.07, 6.45) is 2.34. The molecule has 9 nitrogen and oxygen atoms in total. The summed E-state index contributed by atoms with van der Waals surface area (Å²) < 4.78 is 20.0. The number of anilines is 1. The molecule has 0 spiro atoms. The van der Waals surface area contributed by atoms with Gasteiger partial charge in [-0.2, -0.15) is 9.61 Å². The Labute approximate surface area is 271 Å². The molecule has 2 aromatic carbocycles. The van der Waals surface area contributed by atoms with Crippen molar-refractivity contribution in [1.82, 2.24) is 14.6 Å². The minimum atomic E-state index is -1.00. The second-order valence-electron chi connectivity index (χ2n) is 13.2. The van der Waals surface area contributed by atoms with E-state index in [9.17, 15) is 9.90 Å². The highest BCUT2D eigenvalue weighted by atomic mass is 16.6. The van der Waals surface area contributed by atoms with Gasteiger partial charge in [-0.05, 0) is 84.6 Å². The second kappa shape index (κ2) is 13.3. The number of piperidine rings is 1. The zero-order chi connectivity index (χ0) is 33.2. The number of ether oxygens (including phenoxy) is 3. The molecule has 0 amide bonds. The molecule has 0 bridgehead atoms. The molecule has 0 aliphatic carbocycles. The summed E-state index contributed by atoms with van der Waals surface area (Å²) in [5.41, 5.74) is 5.28. The third-order valence-corrected chi connectivity index (χ3v) is 8.33. The number of phenolic OH excluding ortho intramolecular Hbond substituents is 1. The van der Waals surface area contributed by atoms with Crippen LogP contribution in [-0.4, -0.2) is 63.2 Å². The highest BCUT2D eigenvalue weighted by molar-refractivity contribution is 5.81. The van der Waals surface area contributed by atoms with Crippen LogP contribution in [0.3, 0.4) is 0 Å². The molecule has 1 unspecified atom stereocenters. The van der Waals surface area contributed by atoms with Crippen molar-refractivity contribution in [2.75, 3.05) is 31.2 Å². The third kappa shape index (κ3) is 7.11. The number of nitrogens with zero attached hydrogens (tertiary/aromatic N) is 4. The first-order valence-corrected chi connectivity index (χ1v) is 16.0. The molecular weight excluding hydrogens is 580 g/mol. The van der Waals surface area contributed by atoms with Crippen LogP contribution in [-0.2, 0) is 19.0 Å². The molecular formula is C37H46N4O5. The zero-order valence-electron chi connectivity index (χ0n) is 28.1. The van der Waals surface area contributed by atoms with Gasteiger partial charge in [-0.1, -0.05) is 36.4 Å². The maximum atomic E-state index is 13.5. The number of carbonyl (C=O) groups is 1. The van der Waals surface area contributed by atoms with Crippen LogP contribution in [0.5, 0.6) is 5.75 Å². The number of rotatable bonds is 10. The fourth-order valence-electron chi connectivity index (χ4n) is 5.99. The van der Waals surface area contributed by atoms with E-state index < -0.39 is 17.7 Å². The van der Waals surface area contributed by atoms with Crippen LogP contribution in [0.25, 0.3) is 28.0 Å². The van der Waals surface area contributed by atoms with Gasteiger partial charge in [-0.3, -0.25) is 0 Å². The summed E-state index contributed by atoms with van der Waals surface area (Å²) in [4.78, 5) is 20.8. The van der Waals surface area contributed by atoms with E-state index >= 15 is 0 Å². The highest BCUT2D eigenvalue weighted by Crippen LogP contribution is 2.39. The lowest BCUT2D eigenvalue weighted by atomic mass is 9.92. The van der Waals surface area contributed by atoms with E-state index in [2.05, 4.69) is 18.4 Å². The van der Waals surface area contributed by atoms with Crippen molar-refractivity contribution in [3.8, 4) is 28.1 Å². The van der Waals surface area contributed by atoms with Crippen LogP contribution >= 0.6 is 0 Å². The lowest BCUT2D eigenvalue weighted by Gasteiger charge is -2.41. The van der Waals surface area contributed by atoms with Crippen molar-refractivity contribution in [3.63, 3.8) is 0 Å². The van der Waals surface area contributed by atoms with Gasteiger partial charge in [0.1, 0.15) is 11.6 Å². The Kier molecular flexibility index (Phi) is 9.56. The fraction of sp³-hybridized carbons (Fsp3) is 0.432. The molecule has 0 radical (unpaired) electrons. The molecule has 5 rings (SSSR count). The SMILES string of the molecule is C=CCOC1(C)CCN(c2c(C(OC(C)(C)C)C(=O)OCC)c(C)nc3cc(-c4cccc(-c5ccc(C)cc5O)c4)nn23)CC1. The number of aromatic hydroxyl groups is 1. The van der Waals surface area contributed by atoms with E-state index in [4.69, 9.17) is 24.3 Å². The fourth-order valence-corrected chi connectivity index (χ4v) is 5.99. The first-order chi connectivity index (χ1) is 21.8. The molecule has 1 saturated heterocycles. The largest absolute Gasteiger partial charge is 0.507 e. The van der Waals surface area contributed by atoms with Gasteiger partial charge in [-0.25, -0.2) is 9.78 Å². The van der Waals surface area contributed by atoms with Crippen molar-refractivity contribution >= 4 is 17.4 Å². The Hall–Kier alpha value is -4.21. The first-order valence-electron chi connectivity index (χ1n) is 16.0. The summed E-state index contributed by atoms with van der Waals surface area (Å²) in [6, 6.07) is 15.6. The topological polar surface area (TPSA) is 98.4 Å².